The smallest absolute Gasteiger partial charge is 0.406 e. The summed E-state index contributed by atoms with van der Waals surface area (Å²) in [7, 11) is -1.16. The van der Waals surface area contributed by atoms with Crippen molar-refractivity contribution in [3.8, 4) is 5.75 Å². The van der Waals surface area contributed by atoms with Crippen molar-refractivity contribution < 1.29 is 31.7 Å². The van der Waals surface area contributed by atoms with Gasteiger partial charge in [-0.25, -0.2) is 0 Å². The maximum atomic E-state index is 12.9. The van der Waals surface area contributed by atoms with Gasteiger partial charge in [-0.3, -0.25) is 13.8 Å². The van der Waals surface area contributed by atoms with Gasteiger partial charge in [0.1, 0.15) is 5.75 Å². The van der Waals surface area contributed by atoms with Crippen LogP contribution in [0.5, 0.6) is 5.75 Å². The molecular formula is C20H19ClF3IN2O4S. The van der Waals surface area contributed by atoms with Crippen LogP contribution in [0.2, 0.25) is 5.02 Å². The molecular weight excluding hydrogens is 584 g/mol. The van der Waals surface area contributed by atoms with E-state index in [-0.39, 0.29) is 27.6 Å². The Balaban J connectivity index is 2.29. The van der Waals surface area contributed by atoms with Crippen LogP contribution < -0.4 is 15.4 Å². The van der Waals surface area contributed by atoms with Gasteiger partial charge in [0, 0.05) is 38.0 Å². The number of carbonyl (C=O) groups excluding carboxylic acids is 2. The molecule has 1 unspecified atom stereocenters. The second-order valence-electron chi connectivity index (χ2n) is 7.36. The quantitative estimate of drug-likeness (QED) is 0.438. The Morgan fingerprint density at radius 1 is 1.16 bits per heavy atom. The molecule has 2 aromatic carbocycles. The van der Waals surface area contributed by atoms with Crippen molar-refractivity contribution in [3.05, 3.63) is 56.1 Å². The molecule has 174 valence electrons. The van der Waals surface area contributed by atoms with Crippen LogP contribution >= 0.6 is 34.2 Å². The Bertz CT molecular complexity index is 1060. The highest BCUT2D eigenvalue weighted by atomic mass is 127. The molecule has 0 fully saturated rings. The number of hydrogen-bond acceptors (Lipinski definition) is 4. The fraction of sp³-hybridized carbons (Fsp3) is 0.300. The lowest BCUT2D eigenvalue weighted by atomic mass is 10.0. The highest BCUT2D eigenvalue weighted by Gasteiger charge is 2.31. The van der Waals surface area contributed by atoms with E-state index < -0.39 is 40.3 Å². The standard InChI is InChI=1S/C20H19ClF3IN2O4S/c1-19(2,10-32(3)30)27-18(29)16-12(5-4-6-14(16)25)17(28)26-15-8-7-11(9-13(15)21)31-20(22,23)24/h4-9H,10H2,1-3H3,(H,26,28)(H,27,29). The molecule has 0 aliphatic carbocycles. The number of carbonyl (C=O) groups is 2. The molecule has 0 aliphatic heterocycles. The topological polar surface area (TPSA) is 84.5 Å². The van der Waals surface area contributed by atoms with Crippen LogP contribution in [0.4, 0.5) is 18.9 Å². The van der Waals surface area contributed by atoms with E-state index in [0.29, 0.717) is 3.57 Å². The summed E-state index contributed by atoms with van der Waals surface area (Å²) in [4.78, 5) is 25.8. The number of ether oxygens (including phenoxy) is 1. The average Bonchev–Trinajstić information content (AvgIpc) is 2.60. The van der Waals surface area contributed by atoms with Crippen molar-refractivity contribution in [1.29, 1.82) is 0 Å². The summed E-state index contributed by atoms with van der Waals surface area (Å²) in [6.45, 7) is 3.43. The van der Waals surface area contributed by atoms with Gasteiger partial charge in [0.15, 0.2) is 0 Å². The van der Waals surface area contributed by atoms with E-state index in [4.69, 9.17) is 11.6 Å². The van der Waals surface area contributed by atoms with Gasteiger partial charge in [0.2, 0.25) is 0 Å². The van der Waals surface area contributed by atoms with Gasteiger partial charge in [0.25, 0.3) is 11.8 Å². The summed E-state index contributed by atoms with van der Waals surface area (Å²) >= 11 is 7.90. The third kappa shape index (κ3) is 7.62. The third-order valence-corrected chi connectivity index (χ3v) is 6.26. The highest BCUT2D eigenvalue weighted by molar-refractivity contribution is 14.1. The predicted molar refractivity (Wildman–Crippen MR) is 126 cm³/mol. The monoisotopic (exact) mass is 602 g/mol. The molecule has 32 heavy (non-hydrogen) atoms. The largest absolute Gasteiger partial charge is 0.573 e. The van der Waals surface area contributed by atoms with Crippen LogP contribution in [0.25, 0.3) is 0 Å². The zero-order valence-corrected chi connectivity index (χ0v) is 20.8. The molecule has 6 nitrogen and oxygen atoms in total. The normalized spacial score (nSPS) is 12.8. The van der Waals surface area contributed by atoms with E-state index in [9.17, 15) is 27.0 Å². The molecule has 0 saturated heterocycles. The number of nitrogens with one attached hydrogen (secondary N) is 2. The van der Waals surface area contributed by atoms with E-state index in [0.717, 1.165) is 18.2 Å². The molecule has 0 aromatic heterocycles. The summed E-state index contributed by atoms with van der Waals surface area (Å²) in [5.74, 6) is -1.54. The van der Waals surface area contributed by atoms with Crippen molar-refractivity contribution in [2.45, 2.75) is 25.7 Å². The molecule has 1 atom stereocenters. The lowest BCUT2D eigenvalue weighted by Crippen LogP contribution is -2.47. The Morgan fingerprint density at radius 3 is 2.38 bits per heavy atom. The third-order valence-electron chi connectivity index (χ3n) is 3.92. The van der Waals surface area contributed by atoms with Crippen molar-refractivity contribution in [3.63, 3.8) is 0 Å². The number of alkyl halides is 3. The van der Waals surface area contributed by atoms with Gasteiger partial charge in [-0.1, -0.05) is 17.7 Å². The van der Waals surface area contributed by atoms with Crippen LogP contribution in [0, 0.1) is 3.57 Å². The summed E-state index contributed by atoms with van der Waals surface area (Å²) in [5, 5.41) is 5.10. The Labute approximate surface area is 203 Å². The van der Waals surface area contributed by atoms with Crippen molar-refractivity contribution >= 4 is 62.5 Å². The molecule has 0 bridgehead atoms. The second kappa shape index (κ2) is 10.4. The van der Waals surface area contributed by atoms with Crippen LogP contribution in [0.15, 0.2) is 36.4 Å². The molecule has 2 N–H and O–H groups in total. The summed E-state index contributed by atoms with van der Waals surface area (Å²) < 4.78 is 52.9. The van der Waals surface area contributed by atoms with E-state index in [1.54, 1.807) is 26.0 Å². The number of hydrogen-bond donors (Lipinski definition) is 2. The maximum Gasteiger partial charge on any atom is 0.573 e. The number of amides is 2. The van der Waals surface area contributed by atoms with Gasteiger partial charge >= 0.3 is 6.36 Å². The Hall–Kier alpha value is -1.86. The molecule has 2 rings (SSSR count). The summed E-state index contributed by atoms with van der Waals surface area (Å²) in [6, 6.07) is 7.75. The van der Waals surface area contributed by atoms with Crippen LogP contribution in [0.3, 0.4) is 0 Å². The van der Waals surface area contributed by atoms with Gasteiger partial charge in [0.05, 0.1) is 21.8 Å². The van der Waals surface area contributed by atoms with Gasteiger partial charge < -0.3 is 15.4 Å². The summed E-state index contributed by atoms with van der Waals surface area (Å²) in [6.07, 6.45) is -3.36. The lowest BCUT2D eigenvalue weighted by molar-refractivity contribution is -0.274. The van der Waals surface area contributed by atoms with Crippen LogP contribution in [-0.2, 0) is 10.8 Å². The van der Waals surface area contributed by atoms with Gasteiger partial charge in [-0.15, -0.1) is 13.2 Å². The van der Waals surface area contributed by atoms with Crippen LogP contribution in [-0.4, -0.2) is 39.9 Å². The molecule has 12 heteroatoms. The SMILES string of the molecule is CS(=O)CC(C)(C)NC(=O)c1c(I)cccc1C(=O)Nc1ccc(OC(F)(F)F)cc1Cl. The molecule has 0 spiro atoms. The molecule has 2 aromatic rings. The summed E-state index contributed by atoms with van der Waals surface area (Å²) in [5.41, 5.74) is -0.609. The van der Waals surface area contributed by atoms with Crippen molar-refractivity contribution in [1.82, 2.24) is 5.32 Å². The lowest BCUT2D eigenvalue weighted by Gasteiger charge is -2.26. The zero-order valence-electron chi connectivity index (χ0n) is 17.1. The first-order valence-corrected chi connectivity index (χ1v) is 12.1. The van der Waals surface area contributed by atoms with Crippen LogP contribution in [0.1, 0.15) is 34.6 Å². The second-order valence-corrected chi connectivity index (χ2v) is 10.4. The number of anilines is 1. The number of rotatable bonds is 7. The van der Waals surface area contributed by atoms with E-state index in [1.807, 2.05) is 22.6 Å². The van der Waals surface area contributed by atoms with E-state index in [1.165, 1.54) is 12.3 Å². The molecule has 2 amide bonds. The minimum Gasteiger partial charge on any atom is -0.406 e. The first kappa shape index (κ1) is 26.4. The average molecular weight is 603 g/mol. The molecule has 0 aliphatic rings. The maximum absolute atomic E-state index is 12.9. The van der Waals surface area contributed by atoms with Gasteiger partial charge in [-0.2, -0.15) is 0 Å². The molecule has 0 saturated carbocycles. The predicted octanol–water partition coefficient (Wildman–Crippen LogP) is 4.98. The Morgan fingerprint density at radius 2 is 1.81 bits per heavy atom. The van der Waals surface area contributed by atoms with Crippen molar-refractivity contribution in [2.75, 3.05) is 17.3 Å². The fourth-order valence-corrected chi connectivity index (χ4v) is 4.89. The highest BCUT2D eigenvalue weighted by Crippen LogP contribution is 2.31. The number of benzene rings is 2. The molecule has 0 radical (unpaired) electrons. The van der Waals surface area contributed by atoms with Crippen molar-refractivity contribution in [2.24, 2.45) is 0 Å². The number of halogens is 5. The molecule has 0 heterocycles. The fourth-order valence-electron chi connectivity index (χ4n) is 2.84. The van der Waals surface area contributed by atoms with Gasteiger partial charge in [-0.05, 0) is 60.7 Å². The Kier molecular flexibility index (Phi) is 8.56. The zero-order chi connectivity index (χ0) is 24.3. The minimum atomic E-state index is -4.88. The van der Waals surface area contributed by atoms with E-state index >= 15 is 0 Å². The first-order valence-electron chi connectivity index (χ1n) is 8.96. The first-order chi connectivity index (χ1) is 14.7. The minimum absolute atomic E-state index is 0.0366. The van der Waals surface area contributed by atoms with E-state index in [2.05, 4.69) is 15.4 Å².